The van der Waals surface area contributed by atoms with Crippen molar-refractivity contribution in [2.24, 2.45) is 7.05 Å². The molecular weight excluding hydrogens is 268 g/mol. The number of ether oxygens (including phenoxy) is 1. The third-order valence-corrected chi connectivity index (χ3v) is 3.02. The molecule has 112 valence electrons. The molecule has 6 heteroatoms. The maximum atomic E-state index is 11.7. The van der Waals surface area contributed by atoms with Gasteiger partial charge in [0.2, 0.25) is 5.95 Å². The summed E-state index contributed by atoms with van der Waals surface area (Å²) in [7, 11) is 3.49. The lowest BCUT2D eigenvalue weighted by atomic mass is 10.1. The van der Waals surface area contributed by atoms with Gasteiger partial charge >= 0.3 is 6.03 Å². The molecule has 1 heterocycles. The van der Waals surface area contributed by atoms with Crippen molar-refractivity contribution in [3.05, 3.63) is 30.5 Å². The third-order valence-electron chi connectivity index (χ3n) is 3.02. The van der Waals surface area contributed by atoms with Crippen molar-refractivity contribution in [2.45, 2.75) is 19.9 Å². The van der Waals surface area contributed by atoms with Crippen LogP contribution in [0.25, 0.3) is 11.3 Å². The molecule has 0 bridgehead atoms. The average molecular weight is 288 g/mol. The number of methoxy groups -OCH3 is 1. The quantitative estimate of drug-likeness (QED) is 0.908. The maximum absolute atomic E-state index is 11.7. The van der Waals surface area contributed by atoms with E-state index in [0.29, 0.717) is 5.95 Å². The Morgan fingerprint density at radius 1 is 1.29 bits per heavy atom. The molecule has 0 fully saturated rings. The number of amides is 2. The van der Waals surface area contributed by atoms with E-state index in [1.807, 2.05) is 49.7 Å². The molecule has 1 aromatic carbocycles. The Morgan fingerprint density at radius 3 is 2.52 bits per heavy atom. The van der Waals surface area contributed by atoms with E-state index in [9.17, 15) is 4.79 Å². The SMILES string of the molecule is COc1ccc(-c2cnc(NC(=O)NC(C)C)n2C)cc1. The number of hydrogen-bond donors (Lipinski definition) is 2. The second-order valence-corrected chi connectivity index (χ2v) is 5.01. The summed E-state index contributed by atoms with van der Waals surface area (Å²) in [6, 6.07) is 7.50. The zero-order valence-corrected chi connectivity index (χ0v) is 12.7. The molecule has 2 aromatic rings. The van der Waals surface area contributed by atoms with Gasteiger partial charge in [-0.15, -0.1) is 0 Å². The minimum atomic E-state index is -0.264. The van der Waals surface area contributed by atoms with E-state index in [4.69, 9.17) is 4.74 Å². The molecule has 0 atom stereocenters. The van der Waals surface area contributed by atoms with Gasteiger partial charge in [-0.3, -0.25) is 5.32 Å². The Morgan fingerprint density at radius 2 is 1.95 bits per heavy atom. The van der Waals surface area contributed by atoms with Gasteiger partial charge in [0, 0.05) is 18.7 Å². The number of aromatic nitrogens is 2. The molecule has 1 aromatic heterocycles. The number of benzene rings is 1. The zero-order valence-electron chi connectivity index (χ0n) is 12.7. The Bertz CT molecular complexity index is 617. The Kier molecular flexibility index (Phi) is 4.47. The lowest BCUT2D eigenvalue weighted by molar-refractivity contribution is 0.249. The predicted octanol–water partition coefficient (Wildman–Crippen LogP) is 2.63. The summed E-state index contributed by atoms with van der Waals surface area (Å²) in [5.74, 6) is 1.30. The molecule has 0 saturated carbocycles. The van der Waals surface area contributed by atoms with Gasteiger partial charge in [0.25, 0.3) is 0 Å². The first-order chi connectivity index (χ1) is 10.0. The molecule has 2 rings (SSSR count). The monoisotopic (exact) mass is 288 g/mol. The van der Waals surface area contributed by atoms with Crippen LogP contribution >= 0.6 is 0 Å². The lowest BCUT2D eigenvalue weighted by Gasteiger charge is -2.10. The van der Waals surface area contributed by atoms with E-state index in [1.165, 1.54) is 0 Å². The van der Waals surface area contributed by atoms with Crippen LogP contribution in [0.1, 0.15) is 13.8 Å². The molecule has 0 unspecified atom stereocenters. The molecule has 2 amide bonds. The van der Waals surface area contributed by atoms with E-state index in [2.05, 4.69) is 15.6 Å². The van der Waals surface area contributed by atoms with Gasteiger partial charge in [-0.2, -0.15) is 0 Å². The molecule has 2 N–H and O–H groups in total. The number of nitrogens with one attached hydrogen (secondary N) is 2. The second-order valence-electron chi connectivity index (χ2n) is 5.01. The van der Waals surface area contributed by atoms with Crippen molar-refractivity contribution in [2.75, 3.05) is 12.4 Å². The van der Waals surface area contributed by atoms with Gasteiger partial charge in [-0.05, 0) is 38.1 Å². The van der Waals surface area contributed by atoms with E-state index in [1.54, 1.807) is 13.3 Å². The van der Waals surface area contributed by atoms with Crippen molar-refractivity contribution in [3.8, 4) is 17.0 Å². The largest absolute Gasteiger partial charge is 0.497 e. The highest BCUT2D eigenvalue weighted by molar-refractivity contribution is 5.88. The first kappa shape index (κ1) is 14.9. The zero-order chi connectivity index (χ0) is 15.4. The van der Waals surface area contributed by atoms with Gasteiger partial charge in [-0.25, -0.2) is 9.78 Å². The van der Waals surface area contributed by atoms with Gasteiger partial charge in [0.15, 0.2) is 0 Å². The molecule has 0 aliphatic carbocycles. The highest BCUT2D eigenvalue weighted by Crippen LogP contribution is 2.24. The number of nitrogens with zero attached hydrogens (tertiary/aromatic N) is 2. The van der Waals surface area contributed by atoms with E-state index < -0.39 is 0 Å². The number of anilines is 1. The Hall–Kier alpha value is -2.50. The predicted molar refractivity (Wildman–Crippen MR) is 82.5 cm³/mol. The smallest absolute Gasteiger partial charge is 0.321 e. The van der Waals surface area contributed by atoms with Crippen LogP contribution in [-0.2, 0) is 7.05 Å². The topological polar surface area (TPSA) is 68.2 Å². The van der Waals surface area contributed by atoms with Gasteiger partial charge < -0.3 is 14.6 Å². The highest BCUT2D eigenvalue weighted by atomic mass is 16.5. The van der Waals surface area contributed by atoms with Crippen LogP contribution in [0.5, 0.6) is 5.75 Å². The summed E-state index contributed by atoms with van der Waals surface area (Å²) < 4.78 is 6.98. The first-order valence-corrected chi connectivity index (χ1v) is 6.75. The molecule has 6 nitrogen and oxygen atoms in total. The highest BCUT2D eigenvalue weighted by Gasteiger charge is 2.11. The Labute approximate surface area is 124 Å². The number of imidazole rings is 1. The van der Waals surface area contributed by atoms with Crippen LogP contribution in [0, 0.1) is 0 Å². The van der Waals surface area contributed by atoms with E-state index in [-0.39, 0.29) is 12.1 Å². The molecule has 0 aliphatic rings. The second kappa shape index (κ2) is 6.30. The van der Waals surface area contributed by atoms with Crippen LogP contribution in [-0.4, -0.2) is 28.7 Å². The van der Waals surface area contributed by atoms with Crippen LogP contribution in [0.4, 0.5) is 10.7 Å². The summed E-state index contributed by atoms with van der Waals surface area (Å²) in [4.78, 5) is 16.0. The molecule has 0 saturated heterocycles. The first-order valence-electron chi connectivity index (χ1n) is 6.75. The fraction of sp³-hybridized carbons (Fsp3) is 0.333. The standard InChI is InChI=1S/C15H20N4O2/c1-10(2)17-15(20)18-14-16-9-13(19(14)3)11-5-7-12(21-4)8-6-11/h5-10H,1-4H3,(H2,16,17,18,20). The lowest BCUT2D eigenvalue weighted by Crippen LogP contribution is -2.34. The van der Waals surface area contributed by atoms with Crippen molar-refractivity contribution >= 4 is 12.0 Å². The summed E-state index contributed by atoms with van der Waals surface area (Å²) in [6.45, 7) is 3.81. The van der Waals surface area contributed by atoms with E-state index in [0.717, 1.165) is 17.0 Å². The fourth-order valence-corrected chi connectivity index (χ4v) is 1.96. The number of hydrogen-bond acceptors (Lipinski definition) is 3. The Balaban J connectivity index is 2.17. The normalized spacial score (nSPS) is 10.5. The average Bonchev–Trinajstić information content (AvgIpc) is 2.79. The van der Waals surface area contributed by atoms with Crippen LogP contribution < -0.4 is 15.4 Å². The van der Waals surface area contributed by atoms with E-state index >= 15 is 0 Å². The van der Waals surface area contributed by atoms with Crippen LogP contribution in [0.3, 0.4) is 0 Å². The summed E-state index contributed by atoms with van der Waals surface area (Å²) in [5, 5.41) is 5.49. The minimum Gasteiger partial charge on any atom is -0.497 e. The van der Waals surface area contributed by atoms with Crippen LogP contribution in [0.2, 0.25) is 0 Å². The van der Waals surface area contributed by atoms with Crippen molar-refractivity contribution in [3.63, 3.8) is 0 Å². The third kappa shape index (κ3) is 3.53. The minimum absolute atomic E-state index is 0.0753. The van der Waals surface area contributed by atoms with Crippen molar-refractivity contribution in [1.29, 1.82) is 0 Å². The van der Waals surface area contributed by atoms with Gasteiger partial charge in [0.1, 0.15) is 5.75 Å². The maximum Gasteiger partial charge on any atom is 0.321 e. The van der Waals surface area contributed by atoms with Crippen LogP contribution in [0.15, 0.2) is 30.5 Å². The summed E-state index contributed by atoms with van der Waals surface area (Å²) >= 11 is 0. The molecule has 0 radical (unpaired) electrons. The molecule has 0 aliphatic heterocycles. The number of carbonyl (C=O) groups is 1. The molecule has 21 heavy (non-hydrogen) atoms. The van der Waals surface area contributed by atoms with Gasteiger partial charge in [0.05, 0.1) is 19.0 Å². The number of carbonyl (C=O) groups excluding carboxylic acids is 1. The fourth-order valence-electron chi connectivity index (χ4n) is 1.96. The number of urea groups is 1. The van der Waals surface area contributed by atoms with Crippen molar-refractivity contribution in [1.82, 2.24) is 14.9 Å². The molecular formula is C15H20N4O2. The van der Waals surface area contributed by atoms with Gasteiger partial charge in [-0.1, -0.05) is 0 Å². The summed E-state index contributed by atoms with van der Waals surface area (Å²) in [6.07, 6.45) is 1.73. The summed E-state index contributed by atoms with van der Waals surface area (Å²) in [5.41, 5.74) is 1.92. The molecule has 0 spiro atoms. The number of rotatable bonds is 4. The van der Waals surface area contributed by atoms with Crippen molar-refractivity contribution < 1.29 is 9.53 Å².